The number of aliphatic hydroxyl groups is 1. The Bertz CT molecular complexity index is 2240. The van der Waals surface area contributed by atoms with Crippen LogP contribution in [0.2, 0.25) is 0 Å². The zero-order valence-corrected chi connectivity index (χ0v) is 32.0. The summed E-state index contributed by atoms with van der Waals surface area (Å²) in [6.07, 6.45) is 7.51. The number of hydrogen-bond donors (Lipinski definition) is 4. The molecule has 0 bridgehead atoms. The SMILES string of the molecule is CC(C)Oc1cc2nn(-c3cccn([C@H]4C[C@H]4F)c3=O)cc2cc1C(=O)NC1CCC(CN2CC[C@@H](c3ncc(N[C@H]4CCC(=O)NC4=O)cc3F)[C@H](O)C2)CC1. The van der Waals surface area contributed by atoms with Gasteiger partial charge in [0.05, 0.1) is 46.9 Å². The molecule has 0 radical (unpaired) electrons. The molecule has 2 aliphatic carbocycles. The average molecular weight is 787 g/mol. The van der Waals surface area contributed by atoms with E-state index in [0.29, 0.717) is 71.9 Å². The molecular formula is C41H48F2N8O6. The van der Waals surface area contributed by atoms with Crippen molar-refractivity contribution in [3.05, 3.63) is 76.4 Å². The van der Waals surface area contributed by atoms with Gasteiger partial charge in [-0.05, 0) is 83.0 Å². The molecule has 3 aromatic heterocycles. The third kappa shape index (κ3) is 8.42. The van der Waals surface area contributed by atoms with Crippen molar-refractivity contribution in [2.24, 2.45) is 5.92 Å². The van der Waals surface area contributed by atoms with Crippen LogP contribution in [0.3, 0.4) is 0 Å². The van der Waals surface area contributed by atoms with E-state index in [1.165, 1.54) is 21.5 Å². The lowest BCUT2D eigenvalue weighted by molar-refractivity contribution is -0.133. The van der Waals surface area contributed by atoms with Crippen LogP contribution >= 0.6 is 0 Å². The first-order valence-electron chi connectivity index (χ1n) is 19.9. The molecule has 16 heteroatoms. The quantitative estimate of drug-likeness (QED) is 0.162. The number of pyridine rings is 2. The zero-order chi connectivity index (χ0) is 40.0. The molecule has 14 nitrogen and oxygen atoms in total. The summed E-state index contributed by atoms with van der Waals surface area (Å²) in [7, 11) is 0. The second-order valence-corrected chi connectivity index (χ2v) is 16.2. The molecule has 4 N–H and O–H groups in total. The fourth-order valence-corrected chi connectivity index (χ4v) is 8.51. The summed E-state index contributed by atoms with van der Waals surface area (Å²) in [6, 6.07) is 6.96. The van der Waals surface area contributed by atoms with E-state index in [0.717, 1.165) is 32.2 Å². The number of hydrogen-bond acceptors (Lipinski definition) is 10. The van der Waals surface area contributed by atoms with Crippen LogP contribution in [0.1, 0.15) is 93.2 Å². The van der Waals surface area contributed by atoms with Gasteiger partial charge in [0.1, 0.15) is 29.5 Å². The highest BCUT2D eigenvalue weighted by Gasteiger charge is 2.40. The molecule has 4 fully saturated rings. The van der Waals surface area contributed by atoms with Gasteiger partial charge in [0.25, 0.3) is 11.5 Å². The number of aliphatic hydroxyl groups excluding tert-OH is 1. The van der Waals surface area contributed by atoms with E-state index >= 15 is 4.39 Å². The number of halogens is 2. The Kier molecular flexibility index (Phi) is 10.8. The second-order valence-electron chi connectivity index (χ2n) is 16.2. The normalized spacial score (nSPS) is 26.7. The van der Waals surface area contributed by atoms with Crippen molar-refractivity contribution in [3.8, 4) is 11.4 Å². The highest BCUT2D eigenvalue weighted by atomic mass is 19.1. The van der Waals surface area contributed by atoms with Crippen molar-refractivity contribution in [1.29, 1.82) is 0 Å². The molecule has 0 unspecified atom stereocenters. The number of anilines is 1. The number of carbonyl (C=O) groups is 3. The molecule has 302 valence electrons. The molecule has 5 atom stereocenters. The van der Waals surface area contributed by atoms with Crippen LogP contribution in [-0.2, 0) is 9.59 Å². The summed E-state index contributed by atoms with van der Waals surface area (Å²) in [4.78, 5) is 57.1. The standard InChI is InChI=1S/C41H48F2N8O6/c1-22(2)57-36-17-32-24(20-51(48-32)33-4-3-12-50(41(33)56)34-16-29(34)42)14-28(36)39(54)46-25-7-5-23(6-8-25)19-49-13-11-27(35(52)21-49)38-30(43)15-26(18-44-38)45-31-9-10-37(53)47-40(31)55/h3-4,12,14-15,17-18,20,22-23,25,27,29,31,34-35,45,52H,5-11,13,16,19,21H2,1-2H3,(H,46,54)(H,47,53,55)/t23?,25?,27-,29-,31+,34+,35-/m1/s1. The first-order valence-corrected chi connectivity index (χ1v) is 19.9. The molecule has 4 aliphatic rings. The maximum atomic E-state index is 15.3. The Balaban J connectivity index is 0.852. The molecule has 57 heavy (non-hydrogen) atoms. The van der Waals surface area contributed by atoms with Gasteiger partial charge >= 0.3 is 0 Å². The number of nitrogens with zero attached hydrogens (tertiary/aromatic N) is 5. The number of rotatable bonds is 11. The lowest BCUT2D eigenvalue weighted by Gasteiger charge is -2.39. The van der Waals surface area contributed by atoms with Crippen molar-refractivity contribution < 1.29 is 33.0 Å². The van der Waals surface area contributed by atoms with E-state index in [1.54, 1.807) is 36.7 Å². The van der Waals surface area contributed by atoms with E-state index in [-0.39, 0.29) is 41.6 Å². The summed E-state index contributed by atoms with van der Waals surface area (Å²) >= 11 is 0. The van der Waals surface area contributed by atoms with E-state index in [2.05, 4.69) is 30.9 Å². The molecule has 3 amide bonds. The smallest absolute Gasteiger partial charge is 0.276 e. The lowest BCUT2D eigenvalue weighted by atomic mass is 9.84. The number of amides is 3. The molecule has 0 spiro atoms. The molecule has 4 aromatic rings. The van der Waals surface area contributed by atoms with Crippen LogP contribution in [0.15, 0.2) is 53.7 Å². The Morgan fingerprint density at radius 3 is 2.60 bits per heavy atom. The van der Waals surface area contributed by atoms with Gasteiger partial charge in [-0.3, -0.25) is 29.5 Å². The van der Waals surface area contributed by atoms with Crippen LogP contribution < -0.4 is 26.2 Å². The number of β-amino-alcohol motifs (C(OH)–C–C–N with tert-alkyl or cyclic N) is 1. The predicted octanol–water partition coefficient (Wildman–Crippen LogP) is 4.15. The van der Waals surface area contributed by atoms with E-state index < -0.39 is 42.0 Å². The topological polar surface area (TPSA) is 173 Å². The van der Waals surface area contributed by atoms with Crippen LogP contribution in [-0.4, -0.2) is 97.2 Å². The van der Waals surface area contributed by atoms with Crippen molar-refractivity contribution in [2.75, 3.05) is 25.0 Å². The number of alkyl halides is 1. The number of piperidine rings is 2. The Morgan fingerprint density at radius 2 is 1.89 bits per heavy atom. The van der Waals surface area contributed by atoms with Gasteiger partial charge in [0.15, 0.2) is 0 Å². The fraction of sp³-hybridized carbons (Fsp3) is 0.512. The second kappa shape index (κ2) is 16.0. The molecule has 8 rings (SSSR count). The van der Waals surface area contributed by atoms with Gasteiger partial charge in [0, 0.05) is 67.8 Å². The fourth-order valence-electron chi connectivity index (χ4n) is 8.51. The average Bonchev–Trinajstić information content (AvgIpc) is 3.75. The maximum absolute atomic E-state index is 15.3. The molecule has 2 aliphatic heterocycles. The number of aromatic nitrogens is 4. The summed E-state index contributed by atoms with van der Waals surface area (Å²) in [5.74, 6) is -1.25. The van der Waals surface area contributed by atoms with Crippen LogP contribution in [0.5, 0.6) is 5.75 Å². The highest BCUT2D eigenvalue weighted by molar-refractivity contribution is 6.02. The molecular weight excluding hydrogens is 738 g/mol. The van der Waals surface area contributed by atoms with Crippen LogP contribution in [0, 0.1) is 11.7 Å². The maximum Gasteiger partial charge on any atom is 0.276 e. The molecule has 2 saturated carbocycles. The summed E-state index contributed by atoms with van der Waals surface area (Å²) in [6.45, 7) is 5.65. The van der Waals surface area contributed by atoms with Crippen LogP contribution in [0.4, 0.5) is 14.5 Å². The lowest BCUT2D eigenvalue weighted by Crippen LogP contribution is -2.47. The van der Waals surface area contributed by atoms with E-state index in [9.17, 15) is 28.7 Å². The molecule has 2 saturated heterocycles. The van der Waals surface area contributed by atoms with Crippen molar-refractivity contribution in [2.45, 2.75) is 108 Å². The van der Waals surface area contributed by atoms with E-state index in [4.69, 9.17) is 4.74 Å². The van der Waals surface area contributed by atoms with Crippen molar-refractivity contribution in [3.63, 3.8) is 0 Å². The van der Waals surface area contributed by atoms with Gasteiger partial charge in [-0.25, -0.2) is 13.5 Å². The first-order chi connectivity index (χ1) is 27.4. The number of imide groups is 1. The molecule has 1 aromatic carbocycles. The minimum Gasteiger partial charge on any atom is -0.490 e. The number of benzene rings is 1. The number of fused-ring (bicyclic) bond motifs is 1. The van der Waals surface area contributed by atoms with Gasteiger partial charge in [-0.2, -0.15) is 5.10 Å². The summed E-state index contributed by atoms with van der Waals surface area (Å²) < 4.78 is 38.0. The van der Waals surface area contributed by atoms with Gasteiger partial charge in [-0.1, -0.05) is 0 Å². The predicted molar refractivity (Wildman–Crippen MR) is 207 cm³/mol. The number of carbonyl (C=O) groups excluding carboxylic acids is 3. The third-order valence-corrected chi connectivity index (χ3v) is 11.6. The third-order valence-electron chi connectivity index (χ3n) is 11.6. The van der Waals surface area contributed by atoms with Crippen molar-refractivity contribution >= 4 is 34.3 Å². The number of likely N-dealkylation sites (tertiary alicyclic amines) is 1. The highest BCUT2D eigenvalue weighted by Crippen LogP contribution is 2.38. The Labute approximate surface area is 328 Å². The van der Waals surface area contributed by atoms with Crippen molar-refractivity contribution in [1.82, 2.24) is 34.9 Å². The van der Waals surface area contributed by atoms with Gasteiger partial charge in [0.2, 0.25) is 11.8 Å². The zero-order valence-electron chi connectivity index (χ0n) is 32.0. The van der Waals surface area contributed by atoms with E-state index in [1.807, 2.05) is 13.8 Å². The Hall–Kier alpha value is -5.22. The number of nitrogens with one attached hydrogen (secondary N) is 3. The Morgan fingerprint density at radius 1 is 1.11 bits per heavy atom. The number of ether oxygens (including phenoxy) is 1. The minimum absolute atomic E-state index is 0.0264. The monoisotopic (exact) mass is 786 g/mol. The first kappa shape index (κ1) is 38.6. The summed E-state index contributed by atoms with van der Waals surface area (Å²) in [5, 5.41) is 24.8. The summed E-state index contributed by atoms with van der Waals surface area (Å²) in [5.41, 5.74) is 1.44. The molecule has 5 heterocycles. The minimum atomic E-state index is -1.03. The van der Waals surface area contributed by atoms with Gasteiger partial charge in [-0.15, -0.1) is 0 Å². The largest absolute Gasteiger partial charge is 0.490 e. The van der Waals surface area contributed by atoms with Crippen LogP contribution in [0.25, 0.3) is 16.6 Å². The van der Waals surface area contributed by atoms with Gasteiger partial charge < -0.3 is 29.9 Å².